The van der Waals surface area contributed by atoms with Gasteiger partial charge in [0.1, 0.15) is 0 Å². The normalized spacial score (nSPS) is 12.3. The Morgan fingerprint density at radius 2 is 0.661 bits per heavy atom. The van der Waals surface area contributed by atoms with Gasteiger partial charge in [0.25, 0.3) is 0 Å². The van der Waals surface area contributed by atoms with E-state index in [2.05, 4.69) is 107 Å². The summed E-state index contributed by atoms with van der Waals surface area (Å²) in [6.45, 7) is 6.47. The van der Waals surface area contributed by atoms with Gasteiger partial charge in [0.2, 0.25) is 0 Å². The molecule has 0 N–H and O–H groups in total. The third kappa shape index (κ3) is 16.4. The fraction of sp³-hybridized carbons (Fsp3) is 0.667. The van der Waals surface area contributed by atoms with E-state index in [1.54, 1.807) is 27.0 Å². The van der Waals surface area contributed by atoms with E-state index in [4.69, 9.17) is 0 Å². The maximum atomic E-state index is 2.70. The number of rotatable bonds is 35. The van der Waals surface area contributed by atoms with E-state index in [-0.39, 0.29) is 20.4 Å². The first-order valence-corrected chi connectivity index (χ1v) is 27.0. The minimum atomic E-state index is -2.90. The molecule has 56 heavy (non-hydrogen) atoms. The average Bonchev–Trinajstić information content (AvgIpc) is 3.22. The summed E-state index contributed by atoms with van der Waals surface area (Å²) in [4.78, 5) is 0. The topological polar surface area (TPSA) is 0 Å². The monoisotopic (exact) mass is 875 g/mol. The second-order valence-corrected chi connectivity index (χ2v) is 23.0. The molecule has 0 saturated heterocycles. The molecule has 3 aromatic rings. The number of hydrogen-bond acceptors (Lipinski definition) is 0. The van der Waals surface area contributed by atoms with Crippen LogP contribution in [0.1, 0.15) is 219 Å². The zero-order chi connectivity index (χ0) is 39.2. The smallest absolute Gasteiger partial charge is 0 e. The minimum absolute atomic E-state index is 0. The summed E-state index contributed by atoms with van der Waals surface area (Å²) in [5.41, 5.74) is 3.47. The Balaban J connectivity index is 0.0000108. The summed E-state index contributed by atoms with van der Waals surface area (Å²) < 4.78 is 0. The first kappa shape index (κ1) is 50.9. The Kier molecular flexibility index (Phi) is 28.8. The van der Waals surface area contributed by atoms with Crippen LogP contribution in [0.25, 0.3) is 0 Å². The van der Waals surface area contributed by atoms with Gasteiger partial charge in [-0.2, -0.15) is 0 Å². The maximum Gasteiger partial charge on any atom is 0 e. The third-order valence-electron chi connectivity index (χ3n) is 13.2. The summed E-state index contributed by atoms with van der Waals surface area (Å²) in [7, 11) is 0. The predicted octanol–water partition coefficient (Wildman–Crippen LogP) is 16.6. The molecule has 0 saturated carbocycles. The maximum absolute atomic E-state index is 2.90. The van der Waals surface area contributed by atoms with Gasteiger partial charge in [0.05, 0.1) is 0 Å². The SMILES string of the molecule is CCCCCCCCCc1cccc(P(CCCCCCCCC)(CCCCCCCCC)(c2ccccc2)c2ccccc2)c1CCCCCCCCC.[Pd]. The molecule has 0 fully saturated rings. The van der Waals surface area contributed by atoms with Gasteiger partial charge in [-0.1, -0.05) is 0 Å². The molecule has 0 heterocycles. The van der Waals surface area contributed by atoms with Gasteiger partial charge >= 0.3 is 345 Å². The Hall–Kier alpha value is -1.25. The van der Waals surface area contributed by atoms with Crippen molar-refractivity contribution >= 4 is 22.5 Å². The molecule has 3 rings (SSSR count). The van der Waals surface area contributed by atoms with Crippen molar-refractivity contribution < 1.29 is 20.4 Å². The second kappa shape index (κ2) is 31.6. The molecule has 0 atom stereocenters. The average molecular weight is 876 g/mol. The zero-order valence-corrected chi connectivity index (χ0v) is 39.8. The molecule has 0 unspecified atom stereocenters. The van der Waals surface area contributed by atoms with E-state index in [1.165, 1.54) is 205 Å². The summed E-state index contributed by atoms with van der Waals surface area (Å²) in [5.74, 6) is 0. The summed E-state index contributed by atoms with van der Waals surface area (Å²) in [5, 5.41) is 5.14. The van der Waals surface area contributed by atoms with Gasteiger partial charge in [0.15, 0.2) is 0 Å². The molecule has 0 amide bonds. The Labute approximate surface area is 363 Å². The van der Waals surface area contributed by atoms with Gasteiger partial charge in [-0.25, -0.2) is 0 Å². The summed E-state index contributed by atoms with van der Waals surface area (Å²) in [6.07, 6.45) is 43.7. The molecule has 3 aromatic carbocycles. The van der Waals surface area contributed by atoms with E-state index in [0.717, 1.165) is 0 Å². The van der Waals surface area contributed by atoms with Crippen molar-refractivity contribution in [3.63, 3.8) is 0 Å². The Bertz CT molecular complexity index is 1270. The van der Waals surface area contributed by atoms with Gasteiger partial charge in [-0.3, -0.25) is 0 Å². The van der Waals surface area contributed by atoms with Crippen molar-refractivity contribution in [3.8, 4) is 0 Å². The molecular weight excluding hydrogens is 786 g/mol. The van der Waals surface area contributed by atoms with E-state index in [1.807, 2.05) is 0 Å². The van der Waals surface area contributed by atoms with Crippen LogP contribution < -0.4 is 15.9 Å². The first-order valence-electron chi connectivity index (χ1n) is 24.4. The molecule has 320 valence electrons. The van der Waals surface area contributed by atoms with Crippen molar-refractivity contribution in [1.82, 2.24) is 0 Å². The zero-order valence-electron chi connectivity index (χ0n) is 37.4. The van der Waals surface area contributed by atoms with E-state index < -0.39 is 6.60 Å². The fourth-order valence-electron chi connectivity index (χ4n) is 9.89. The molecule has 2 heteroatoms. The van der Waals surface area contributed by atoms with Gasteiger partial charge in [0, 0.05) is 20.4 Å². The van der Waals surface area contributed by atoms with Crippen LogP contribution >= 0.6 is 6.60 Å². The molecule has 0 nitrogen and oxygen atoms in total. The van der Waals surface area contributed by atoms with Crippen LogP contribution in [0, 0.1) is 0 Å². The van der Waals surface area contributed by atoms with E-state index in [0.29, 0.717) is 0 Å². The van der Waals surface area contributed by atoms with E-state index >= 15 is 0 Å². The largest absolute Gasteiger partial charge is 0 e. The molecular formula is C54H89PPd. The van der Waals surface area contributed by atoms with Crippen molar-refractivity contribution in [3.05, 3.63) is 90.0 Å². The number of unbranched alkanes of at least 4 members (excludes halogenated alkanes) is 24. The standard InChI is InChI=1S/C54H89P.Pd/c1-5-9-13-17-21-25-31-40-50-41-39-47-54(53(50)46-36-26-22-18-14-10-6-2)55(51-42-32-29-33-43-51,52-44-34-30-35-45-52,48-37-27-23-19-15-11-7-3)49-38-28-24-20-16-12-8-4;/h29-30,32-35,39,41-45,47H,5-28,31,36-38,40,46,48-49H2,1-4H3;. The van der Waals surface area contributed by atoms with Crippen LogP contribution in [0.5, 0.6) is 0 Å². The molecule has 0 aliphatic heterocycles. The van der Waals surface area contributed by atoms with E-state index in [9.17, 15) is 0 Å². The molecule has 0 aromatic heterocycles. The summed E-state index contributed by atoms with van der Waals surface area (Å²) >= 11 is 0. The van der Waals surface area contributed by atoms with Gasteiger partial charge in [-0.05, 0) is 0 Å². The van der Waals surface area contributed by atoms with Crippen LogP contribution in [-0.2, 0) is 33.3 Å². The quantitative estimate of drug-likeness (QED) is 0.0314. The fourth-order valence-corrected chi connectivity index (χ4v) is 17.5. The molecule has 0 spiro atoms. The summed E-state index contributed by atoms with van der Waals surface area (Å²) in [6, 6.07) is 32.2. The van der Waals surface area contributed by atoms with Crippen LogP contribution in [0.2, 0.25) is 0 Å². The van der Waals surface area contributed by atoms with Crippen molar-refractivity contribution in [2.75, 3.05) is 12.3 Å². The minimum Gasteiger partial charge on any atom is 0 e. The predicted molar refractivity (Wildman–Crippen MR) is 254 cm³/mol. The van der Waals surface area contributed by atoms with Gasteiger partial charge < -0.3 is 0 Å². The molecule has 0 aliphatic carbocycles. The van der Waals surface area contributed by atoms with Crippen molar-refractivity contribution in [1.29, 1.82) is 0 Å². The van der Waals surface area contributed by atoms with Crippen LogP contribution in [-0.4, -0.2) is 12.3 Å². The molecule has 0 bridgehead atoms. The van der Waals surface area contributed by atoms with Crippen molar-refractivity contribution in [2.45, 2.75) is 220 Å². The Morgan fingerprint density at radius 1 is 0.321 bits per heavy atom. The van der Waals surface area contributed by atoms with Crippen molar-refractivity contribution in [2.24, 2.45) is 0 Å². The first-order chi connectivity index (χ1) is 27.2. The van der Waals surface area contributed by atoms with Gasteiger partial charge in [-0.15, -0.1) is 0 Å². The second-order valence-electron chi connectivity index (χ2n) is 17.5. The number of aryl methyl sites for hydroxylation is 1. The number of hydrogen-bond donors (Lipinski definition) is 0. The van der Waals surface area contributed by atoms with Crippen LogP contribution in [0.4, 0.5) is 0 Å². The third-order valence-corrected chi connectivity index (χ3v) is 20.5. The van der Waals surface area contributed by atoms with Crippen LogP contribution in [0.15, 0.2) is 78.9 Å². The number of benzene rings is 3. The van der Waals surface area contributed by atoms with Crippen LogP contribution in [0.3, 0.4) is 0 Å². The molecule has 0 aliphatic rings. The Morgan fingerprint density at radius 3 is 1.05 bits per heavy atom. The molecule has 0 radical (unpaired) electrons.